The first kappa shape index (κ1) is 8.79. The summed E-state index contributed by atoms with van der Waals surface area (Å²) in [6.07, 6.45) is 1.69. The van der Waals surface area contributed by atoms with E-state index in [-0.39, 0.29) is 16.9 Å². The minimum atomic E-state index is -0.280. The van der Waals surface area contributed by atoms with Gasteiger partial charge in [-0.05, 0) is 12.3 Å². The lowest BCUT2D eigenvalue weighted by Gasteiger charge is -2.38. The molecule has 1 rings (SSSR count). The first-order valence-corrected chi connectivity index (χ1v) is 4.17. The van der Waals surface area contributed by atoms with Crippen LogP contribution in [0.4, 0.5) is 0 Å². The van der Waals surface area contributed by atoms with Gasteiger partial charge in [0.1, 0.15) is 0 Å². The lowest BCUT2D eigenvalue weighted by atomic mass is 9.67. The molecule has 11 heavy (non-hydrogen) atoms. The van der Waals surface area contributed by atoms with Crippen molar-refractivity contribution in [2.75, 3.05) is 0 Å². The zero-order valence-electron chi connectivity index (χ0n) is 8.10. The van der Waals surface area contributed by atoms with Gasteiger partial charge in [0, 0.05) is 5.41 Å². The number of aliphatic hydroxyl groups excluding tert-OH is 1. The molecule has 0 saturated heterocycles. The van der Waals surface area contributed by atoms with Gasteiger partial charge in [-0.2, -0.15) is 0 Å². The Bertz CT molecular complexity index is 199. The minimum absolute atomic E-state index is 0.0168. The van der Waals surface area contributed by atoms with Gasteiger partial charge in [0.15, 0.2) is 0 Å². The van der Waals surface area contributed by atoms with Gasteiger partial charge < -0.3 is 5.11 Å². The van der Waals surface area contributed by atoms with Crippen molar-refractivity contribution >= 4 is 0 Å². The fourth-order valence-corrected chi connectivity index (χ4v) is 1.53. The molecule has 0 aliphatic heterocycles. The zero-order valence-corrected chi connectivity index (χ0v) is 8.10. The van der Waals surface area contributed by atoms with E-state index in [1.54, 1.807) is 0 Å². The number of hydrogen-bond acceptors (Lipinski definition) is 1. The summed E-state index contributed by atoms with van der Waals surface area (Å²) >= 11 is 0. The maximum atomic E-state index is 9.69. The van der Waals surface area contributed by atoms with Gasteiger partial charge in [0.05, 0.1) is 6.10 Å². The molecule has 0 fully saturated rings. The van der Waals surface area contributed by atoms with Crippen LogP contribution >= 0.6 is 0 Å². The van der Waals surface area contributed by atoms with Crippen LogP contribution in [-0.4, -0.2) is 11.2 Å². The molecule has 1 aliphatic carbocycles. The van der Waals surface area contributed by atoms with E-state index in [2.05, 4.69) is 34.6 Å². The summed E-state index contributed by atoms with van der Waals surface area (Å²) in [6.45, 7) is 10.7. The first-order chi connectivity index (χ1) is 4.80. The Morgan fingerprint density at radius 1 is 1.27 bits per heavy atom. The second-order valence-corrected chi connectivity index (χ2v) is 4.64. The summed E-state index contributed by atoms with van der Waals surface area (Å²) in [6, 6.07) is 0. The van der Waals surface area contributed by atoms with Gasteiger partial charge >= 0.3 is 0 Å². The third-order valence-electron chi connectivity index (χ3n) is 3.74. The Morgan fingerprint density at radius 3 is 1.82 bits per heavy atom. The van der Waals surface area contributed by atoms with Crippen molar-refractivity contribution < 1.29 is 5.11 Å². The van der Waals surface area contributed by atoms with Crippen LogP contribution in [0, 0.1) is 10.8 Å². The number of rotatable bonds is 0. The molecule has 0 saturated carbocycles. The Kier molecular flexibility index (Phi) is 1.68. The third kappa shape index (κ3) is 0.943. The normalized spacial score (nSPS) is 33.6. The highest BCUT2D eigenvalue weighted by molar-refractivity contribution is 5.25. The number of allylic oxidation sites excluding steroid dienone is 1. The predicted octanol–water partition coefficient (Wildman–Crippen LogP) is 2.36. The van der Waals surface area contributed by atoms with E-state index in [0.29, 0.717) is 0 Å². The Balaban J connectivity index is 3.07. The van der Waals surface area contributed by atoms with Crippen molar-refractivity contribution in [2.45, 2.75) is 40.7 Å². The highest BCUT2D eigenvalue weighted by atomic mass is 16.3. The monoisotopic (exact) mass is 154 g/mol. The van der Waals surface area contributed by atoms with Crippen LogP contribution in [-0.2, 0) is 0 Å². The van der Waals surface area contributed by atoms with Gasteiger partial charge in [-0.3, -0.25) is 0 Å². The first-order valence-electron chi connectivity index (χ1n) is 4.17. The molecule has 0 aromatic carbocycles. The smallest absolute Gasteiger partial charge is 0.0782 e. The summed E-state index contributed by atoms with van der Waals surface area (Å²) in [5.74, 6) is 0. The molecule has 0 amide bonds. The Morgan fingerprint density at radius 2 is 1.73 bits per heavy atom. The van der Waals surface area contributed by atoms with Gasteiger partial charge in [-0.1, -0.05) is 39.3 Å². The average Bonchev–Trinajstić information content (AvgIpc) is 1.95. The van der Waals surface area contributed by atoms with E-state index in [4.69, 9.17) is 0 Å². The molecule has 1 N–H and O–H groups in total. The van der Waals surface area contributed by atoms with Crippen LogP contribution in [0.2, 0.25) is 0 Å². The molecule has 0 heterocycles. The van der Waals surface area contributed by atoms with Gasteiger partial charge in [-0.15, -0.1) is 0 Å². The molecule has 0 aromatic heterocycles. The Hall–Kier alpha value is -0.300. The molecule has 0 bridgehead atoms. The SMILES string of the molecule is CC1=CC(O)C(C)(C)C1(C)C. The molecule has 1 aliphatic rings. The van der Waals surface area contributed by atoms with E-state index < -0.39 is 0 Å². The summed E-state index contributed by atoms with van der Waals surface area (Å²) < 4.78 is 0. The third-order valence-corrected chi connectivity index (χ3v) is 3.74. The van der Waals surface area contributed by atoms with Crippen LogP contribution in [0.3, 0.4) is 0 Å². The van der Waals surface area contributed by atoms with E-state index in [1.165, 1.54) is 5.57 Å². The maximum absolute atomic E-state index is 9.69. The lowest BCUT2D eigenvalue weighted by Crippen LogP contribution is -2.36. The van der Waals surface area contributed by atoms with Crippen molar-refractivity contribution in [3.05, 3.63) is 11.6 Å². The zero-order chi connectivity index (χ0) is 8.86. The highest BCUT2D eigenvalue weighted by Crippen LogP contribution is 2.51. The largest absolute Gasteiger partial charge is 0.388 e. The van der Waals surface area contributed by atoms with Crippen LogP contribution in [0.1, 0.15) is 34.6 Å². The van der Waals surface area contributed by atoms with E-state index in [1.807, 2.05) is 6.08 Å². The molecule has 1 atom stereocenters. The Labute approximate surface area is 69.1 Å². The molecule has 1 nitrogen and oxygen atoms in total. The van der Waals surface area contributed by atoms with Crippen molar-refractivity contribution in [1.82, 2.24) is 0 Å². The maximum Gasteiger partial charge on any atom is 0.0782 e. The average molecular weight is 154 g/mol. The van der Waals surface area contributed by atoms with Gasteiger partial charge in [0.2, 0.25) is 0 Å². The molecule has 1 unspecified atom stereocenters. The topological polar surface area (TPSA) is 20.2 Å². The quantitative estimate of drug-likeness (QED) is 0.531. The van der Waals surface area contributed by atoms with Crippen molar-refractivity contribution in [3.8, 4) is 0 Å². The number of aliphatic hydroxyl groups is 1. The fraction of sp³-hybridized carbons (Fsp3) is 0.800. The van der Waals surface area contributed by atoms with Crippen molar-refractivity contribution in [1.29, 1.82) is 0 Å². The molecule has 0 radical (unpaired) electrons. The number of hydrogen-bond donors (Lipinski definition) is 1. The second kappa shape index (κ2) is 2.10. The van der Waals surface area contributed by atoms with Crippen LogP contribution < -0.4 is 0 Å². The summed E-state index contributed by atoms with van der Waals surface area (Å²) in [7, 11) is 0. The minimum Gasteiger partial charge on any atom is -0.388 e. The second-order valence-electron chi connectivity index (χ2n) is 4.64. The molecule has 0 aromatic rings. The van der Waals surface area contributed by atoms with Gasteiger partial charge in [-0.25, -0.2) is 0 Å². The lowest BCUT2D eigenvalue weighted by molar-refractivity contribution is 0.0339. The highest BCUT2D eigenvalue weighted by Gasteiger charge is 2.47. The molecule has 1 heteroatoms. The predicted molar refractivity (Wildman–Crippen MR) is 47.3 cm³/mol. The van der Waals surface area contributed by atoms with Crippen LogP contribution in [0.15, 0.2) is 11.6 Å². The molecular formula is C10H18O. The van der Waals surface area contributed by atoms with Crippen LogP contribution in [0.25, 0.3) is 0 Å². The molecular weight excluding hydrogens is 136 g/mol. The van der Waals surface area contributed by atoms with Crippen molar-refractivity contribution in [3.63, 3.8) is 0 Å². The molecule has 0 spiro atoms. The standard InChI is InChI=1S/C10H18O/c1-7-6-8(11)10(4,5)9(7,2)3/h6,8,11H,1-5H3. The summed E-state index contributed by atoms with van der Waals surface area (Å²) in [5.41, 5.74) is 1.42. The summed E-state index contributed by atoms with van der Waals surface area (Å²) in [4.78, 5) is 0. The fourth-order valence-electron chi connectivity index (χ4n) is 1.53. The molecule has 64 valence electrons. The van der Waals surface area contributed by atoms with Crippen molar-refractivity contribution in [2.24, 2.45) is 10.8 Å². The van der Waals surface area contributed by atoms with E-state index in [9.17, 15) is 5.11 Å². The van der Waals surface area contributed by atoms with E-state index in [0.717, 1.165) is 0 Å². The van der Waals surface area contributed by atoms with E-state index >= 15 is 0 Å². The van der Waals surface area contributed by atoms with Gasteiger partial charge in [0.25, 0.3) is 0 Å². The summed E-state index contributed by atoms with van der Waals surface area (Å²) in [5, 5.41) is 9.69. The van der Waals surface area contributed by atoms with Crippen LogP contribution in [0.5, 0.6) is 0 Å².